The fourth-order valence-corrected chi connectivity index (χ4v) is 1.81. The van der Waals surface area contributed by atoms with Crippen molar-refractivity contribution in [2.75, 3.05) is 5.32 Å². The van der Waals surface area contributed by atoms with Crippen molar-refractivity contribution in [1.29, 1.82) is 5.26 Å². The number of anilines is 1. The monoisotopic (exact) mass is 187 g/mol. The summed E-state index contributed by atoms with van der Waals surface area (Å²) < 4.78 is 0. The fourth-order valence-electron chi connectivity index (χ4n) is 1.81. The highest BCUT2D eigenvalue weighted by molar-refractivity contribution is 5.39. The van der Waals surface area contributed by atoms with Gasteiger partial charge in [0.25, 0.3) is 0 Å². The first-order chi connectivity index (χ1) is 6.78. The fraction of sp³-hybridized carbons (Fsp3) is 0.455. The lowest BCUT2D eigenvalue weighted by molar-refractivity contribution is 0.308. The van der Waals surface area contributed by atoms with Crippen LogP contribution in [0.25, 0.3) is 0 Å². The van der Waals surface area contributed by atoms with Crippen molar-refractivity contribution in [2.24, 2.45) is 5.92 Å². The van der Waals surface area contributed by atoms with E-state index in [9.17, 15) is 0 Å². The first-order valence-electron chi connectivity index (χ1n) is 4.91. The van der Waals surface area contributed by atoms with Gasteiger partial charge < -0.3 is 5.32 Å². The van der Waals surface area contributed by atoms with Crippen molar-refractivity contribution in [3.05, 3.63) is 23.9 Å². The minimum Gasteiger partial charge on any atom is -0.367 e. The van der Waals surface area contributed by atoms with Gasteiger partial charge in [-0.2, -0.15) is 5.26 Å². The molecule has 3 heteroatoms. The van der Waals surface area contributed by atoms with E-state index in [1.54, 1.807) is 6.07 Å². The smallest absolute Gasteiger partial charge is 0.142 e. The van der Waals surface area contributed by atoms with Crippen molar-refractivity contribution >= 4 is 5.82 Å². The molecule has 14 heavy (non-hydrogen) atoms. The summed E-state index contributed by atoms with van der Waals surface area (Å²) in [6, 6.07) is 8.06. The second kappa shape index (κ2) is 3.67. The van der Waals surface area contributed by atoms with E-state index < -0.39 is 0 Å². The van der Waals surface area contributed by atoms with Crippen molar-refractivity contribution in [3.8, 4) is 6.07 Å². The zero-order chi connectivity index (χ0) is 9.97. The van der Waals surface area contributed by atoms with Gasteiger partial charge in [-0.05, 0) is 30.9 Å². The highest BCUT2D eigenvalue weighted by Gasteiger charge is 2.25. The molecule has 0 unspecified atom stereocenters. The van der Waals surface area contributed by atoms with E-state index in [0.717, 1.165) is 11.7 Å². The van der Waals surface area contributed by atoms with E-state index in [0.29, 0.717) is 11.7 Å². The quantitative estimate of drug-likeness (QED) is 0.771. The van der Waals surface area contributed by atoms with E-state index >= 15 is 0 Å². The first kappa shape index (κ1) is 9.01. The zero-order valence-corrected chi connectivity index (χ0v) is 8.20. The minimum absolute atomic E-state index is 0.474. The van der Waals surface area contributed by atoms with Gasteiger partial charge in [0, 0.05) is 6.04 Å². The van der Waals surface area contributed by atoms with E-state index in [1.807, 2.05) is 18.2 Å². The van der Waals surface area contributed by atoms with E-state index in [4.69, 9.17) is 5.26 Å². The maximum absolute atomic E-state index is 8.67. The number of nitrogens with one attached hydrogen (secondary N) is 1. The Hall–Kier alpha value is -1.56. The van der Waals surface area contributed by atoms with Gasteiger partial charge >= 0.3 is 0 Å². The third-order valence-corrected chi connectivity index (χ3v) is 2.59. The molecule has 0 aliphatic heterocycles. The molecule has 0 spiro atoms. The van der Waals surface area contributed by atoms with Crippen LogP contribution in [0.4, 0.5) is 5.82 Å². The van der Waals surface area contributed by atoms with Crippen LogP contribution in [0.3, 0.4) is 0 Å². The van der Waals surface area contributed by atoms with Crippen molar-refractivity contribution in [2.45, 2.75) is 25.8 Å². The molecule has 1 aromatic heterocycles. The molecule has 0 saturated heterocycles. The molecule has 0 atom stereocenters. The van der Waals surface area contributed by atoms with Gasteiger partial charge in [-0.15, -0.1) is 0 Å². The number of nitriles is 1. The van der Waals surface area contributed by atoms with Crippen LogP contribution in [-0.2, 0) is 0 Å². The average molecular weight is 187 g/mol. The molecule has 72 valence electrons. The molecule has 1 aliphatic rings. The highest BCUT2D eigenvalue weighted by atomic mass is 15.0. The third-order valence-electron chi connectivity index (χ3n) is 2.59. The second-order valence-electron chi connectivity index (χ2n) is 3.94. The molecule has 0 aromatic carbocycles. The molecule has 0 bridgehead atoms. The van der Waals surface area contributed by atoms with Crippen molar-refractivity contribution in [1.82, 2.24) is 4.98 Å². The Bertz CT molecular complexity index is 361. The molecule has 1 N–H and O–H groups in total. The van der Waals surface area contributed by atoms with Gasteiger partial charge in [-0.25, -0.2) is 4.98 Å². The summed E-state index contributed by atoms with van der Waals surface area (Å²) in [4.78, 5) is 4.17. The predicted octanol–water partition coefficient (Wildman–Crippen LogP) is 2.16. The summed E-state index contributed by atoms with van der Waals surface area (Å²) in [5, 5.41) is 12.0. The Morgan fingerprint density at radius 3 is 2.93 bits per heavy atom. The van der Waals surface area contributed by atoms with Gasteiger partial charge in [0.1, 0.15) is 17.6 Å². The van der Waals surface area contributed by atoms with Gasteiger partial charge in [0.15, 0.2) is 0 Å². The number of hydrogen-bond donors (Lipinski definition) is 1. The lowest BCUT2D eigenvalue weighted by Gasteiger charge is -2.33. The first-order valence-corrected chi connectivity index (χ1v) is 4.91. The summed E-state index contributed by atoms with van der Waals surface area (Å²) >= 11 is 0. The van der Waals surface area contributed by atoms with Crippen LogP contribution in [0.1, 0.15) is 25.5 Å². The molecule has 0 amide bonds. The Balaban J connectivity index is 2.00. The summed E-state index contributed by atoms with van der Waals surface area (Å²) in [6.07, 6.45) is 2.41. The highest BCUT2D eigenvalue weighted by Crippen LogP contribution is 2.28. The van der Waals surface area contributed by atoms with Gasteiger partial charge in [-0.1, -0.05) is 13.0 Å². The maximum Gasteiger partial charge on any atom is 0.142 e. The molecular weight excluding hydrogens is 174 g/mol. The molecule has 1 aromatic rings. The van der Waals surface area contributed by atoms with Crippen molar-refractivity contribution in [3.63, 3.8) is 0 Å². The Morgan fingerprint density at radius 1 is 1.50 bits per heavy atom. The zero-order valence-electron chi connectivity index (χ0n) is 8.20. The SMILES string of the molecule is CC1CC(Nc2cccc(C#N)n2)C1. The van der Waals surface area contributed by atoms with E-state index in [2.05, 4.69) is 17.2 Å². The second-order valence-corrected chi connectivity index (χ2v) is 3.94. The molecule has 1 heterocycles. The van der Waals surface area contributed by atoms with Crippen LogP contribution < -0.4 is 5.32 Å². The number of rotatable bonds is 2. The Kier molecular flexibility index (Phi) is 2.36. The largest absolute Gasteiger partial charge is 0.367 e. The normalized spacial score (nSPS) is 24.9. The summed E-state index contributed by atoms with van der Waals surface area (Å²) in [5.41, 5.74) is 0.474. The minimum atomic E-state index is 0.474. The number of nitrogens with zero attached hydrogens (tertiary/aromatic N) is 2. The summed E-state index contributed by atoms with van der Waals surface area (Å²) in [6.45, 7) is 2.25. The topological polar surface area (TPSA) is 48.7 Å². The van der Waals surface area contributed by atoms with Crippen LogP contribution in [0.15, 0.2) is 18.2 Å². The summed E-state index contributed by atoms with van der Waals surface area (Å²) in [7, 11) is 0. The maximum atomic E-state index is 8.67. The van der Waals surface area contributed by atoms with Crippen LogP contribution in [0.5, 0.6) is 0 Å². The molecule has 1 saturated carbocycles. The molecule has 0 radical (unpaired) electrons. The van der Waals surface area contributed by atoms with Crippen LogP contribution in [-0.4, -0.2) is 11.0 Å². The van der Waals surface area contributed by atoms with Crippen molar-refractivity contribution < 1.29 is 0 Å². The molecular formula is C11H13N3. The predicted molar refractivity (Wildman–Crippen MR) is 54.8 cm³/mol. The summed E-state index contributed by atoms with van der Waals surface area (Å²) in [5.74, 6) is 1.65. The third kappa shape index (κ3) is 1.85. The molecule has 1 fully saturated rings. The lowest BCUT2D eigenvalue weighted by atomic mass is 9.82. The Labute approximate surface area is 83.8 Å². The van der Waals surface area contributed by atoms with E-state index in [-0.39, 0.29) is 0 Å². The number of hydrogen-bond acceptors (Lipinski definition) is 3. The van der Waals surface area contributed by atoms with Crippen LogP contribution >= 0.6 is 0 Å². The number of pyridine rings is 1. The van der Waals surface area contributed by atoms with E-state index in [1.165, 1.54) is 12.8 Å². The Morgan fingerprint density at radius 2 is 2.29 bits per heavy atom. The average Bonchev–Trinajstić information content (AvgIpc) is 2.16. The lowest BCUT2D eigenvalue weighted by Crippen LogP contribution is -2.34. The molecule has 1 aliphatic carbocycles. The van der Waals surface area contributed by atoms with Gasteiger partial charge in [-0.3, -0.25) is 0 Å². The van der Waals surface area contributed by atoms with Gasteiger partial charge in [0.05, 0.1) is 0 Å². The number of aromatic nitrogens is 1. The molecule has 2 rings (SSSR count). The van der Waals surface area contributed by atoms with Crippen LogP contribution in [0, 0.1) is 17.2 Å². The van der Waals surface area contributed by atoms with Gasteiger partial charge in [0.2, 0.25) is 0 Å². The van der Waals surface area contributed by atoms with Crippen LogP contribution in [0.2, 0.25) is 0 Å². The standard InChI is InChI=1S/C11H13N3/c1-8-5-10(6-8)14-11-4-2-3-9(7-12)13-11/h2-4,8,10H,5-6H2,1H3,(H,13,14). The molecule has 3 nitrogen and oxygen atoms in total.